The number of amides is 1. The molecule has 7 heteroatoms. The number of benzene rings is 2. The highest BCUT2D eigenvalue weighted by Gasteiger charge is 2.46. The molecule has 2 aromatic heterocycles. The van der Waals surface area contributed by atoms with E-state index in [1.165, 1.54) is 11.3 Å². The Morgan fingerprint density at radius 2 is 1.79 bits per heavy atom. The molecule has 0 spiro atoms. The van der Waals surface area contributed by atoms with Crippen molar-refractivity contribution in [3.05, 3.63) is 92.3 Å². The molecule has 1 atom stereocenters. The van der Waals surface area contributed by atoms with E-state index in [-0.39, 0.29) is 11.4 Å². The highest BCUT2D eigenvalue weighted by Crippen LogP contribution is 2.45. The minimum atomic E-state index is -0.769. The lowest BCUT2D eigenvalue weighted by Gasteiger charge is -2.27. The van der Waals surface area contributed by atoms with Crippen molar-refractivity contribution in [3.63, 3.8) is 0 Å². The molecule has 1 N–H and O–H groups in total. The van der Waals surface area contributed by atoms with Crippen LogP contribution < -0.4 is 4.90 Å². The second kappa shape index (κ2) is 7.95. The molecule has 2 aromatic carbocycles. The van der Waals surface area contributed by atoms with Gasteiger partial charge in [0.1, 0.15) is 0 Å². The molecule has 1 aliphatic heterocycles. The average Bonchev–Trinajstić information content (AvgIpc) is 3.41. The zero-order valence-electron chi connectivity index (χ0n) is 19.7. The summed E-state index contributed by atoms with van der Waals surface area (Å²) in [5, 5.41) is 12.8. The number of fused-ring (bicyclic) bond motifs is 1. The van der Waals surface area contributed by atoms with Gasteiger partial charge < -0.3 is 9.67 Å². The van der Waals surface area contributed by atoms with Gasteiger partial charge in [-0.2, -0.15) is 0 Å². The van der Waals surface area contributed by atoms with Crippen LogP contribution in [0, 0.1) is 27.7 Å². The Balaban J connectivity index is 1.77. The van der Waals surface area contributed by atoms with E-state index in [1.807, 2.05) is 81.0 Å². The number of thiazole rings is 1. The number of Topliss-reactive ketones (excluding diaryl/α,β-unsaturated/α-hetero) is 1. The van der Waals surface area contributed by atoms with Gasteiger partial charge in [-0.15, -0.1) is 11.3 Å². The van der Waals surface area contributed by atoms with Crippen LogP contribution in [-0.4, -0.2) is 26.3 Å². The van der Waals surface area contributed by atoms with Crippen LogP contribution in [0.25, 0.3) is 10.9 Å². The molecule has 6 nitrogen and oxygen atoms in total. The number of ketones is 1. The van der Waals surface area contributed by atoms with Crippen LogP contribution in [0.5, 0.6) is 0 Å². The molecule has 1 unspecified atom stereocenters. The third kappa shape index (κ3) is 3.27. The minimum Gasteiger partial charge on any atom is -0.503 e. The Bertz CT molecular complexity index is 1530. The number of hydrogen-bond acceptors (Lipinski definition) is 5. The van der Waals surface area contributed by atoms with E-state index in [0.717, 1.165) is 32.6 Å². The van der Waals surface area contributed by atoms with Crippen molar-refractivity contribution in [2.75, 3.05) is 4.90 Å². The summed E-state index contributed by atoms with van der Waals surface area (Å²) < 4.78 is 1.98. The lowest BCUT2D eigenvalue weighted by Crippen LogP contribution is -2.31. The van der Waals surface area contributed by atoms with Crippen LogP contribution in [0.3, 0.4) is 0 Å². The topological polar surface area (TPSA) is 75.4 Å². The second-order valence-electron chi connectivity index (χ2n) is 8.80. The lowest BCUT2D eigenvalue weighted by molar-refractivity contribution is -0.117. The van der Waals surface area contributed by atoms with Crippen LogP contribution in [0.15, 0.2) is 60.0 Å². The van der Waals surface area contributed by atoms with Gasteiger partial charge in [0.15, 0.2) is 5.76 Å². The molecule has 1 aliphatic rings. The quantitative estimate of drug-likeness (QED) is 0.390. The normalized spacial score (nSPS) is 16.2. The van der Waals surface area contributed by atoms with Crippen LogP contribution in [-0.2, 0) is 11.8 Å². The molecule has 0 fully saturated rings. The predicted octanol–water partition coefficient (Wildman–Crippen LogP) is 5.65. The Morgan fingerprint density at radius 3 is 2.47 bits per heavy atom. The zero-order chi connectivity index (χ0) is 24.3. The Kier molecular flexibility index (Phi) is 5.17. The molecule has 0 saturated carbocycles. The van der Waals surface area contributed by atoms with Crippen LogP contribution in [0.1, 0.15) is 43.1 Å². The largest absolute Gasteiger partial charge is 0.503 e. The SMILES string of the molecule is Cc1nc(C)c(C(=O)C2=C(O)C(=O)N(c3ccc(C)c(C)c3)C2c2cn(C)c3ccccc23)s1. The van der Waals surface area contributed by atoms with Crippen LogP contribution in [0.4, 0.5) is 5.69 Å². The monoisotopic (exact) mass is 471 g/mol. The van der Waals surface area contributed by atoms with E-state index >= 15 is 0 Å². The zero-order valence-corrected chi connectivity index (χ0v) is 20.5. The van der Waals surface area contributed by atoms with Crippen LogP contribution in [0.2, 0.25) is 0 Å². The molecule has 3 heterocycles. The highest BCUT2D eigenvalue weighted by atomic mass is 32.1. The first-order valence-corrected chi connectivity index (χ1v) is 11.9. The minimum absolute atomic E-state index is 0.0892. The van der Waals surface area contributed by atoms with Gasteiger partial charge in [0.2, 0.25) is 5.78 Å². The number of para-hydroxylation sites is 1. The van der Waals surface area contributed by atoms with Gasteiger partial charge in [-0.1, -0.05) is 24.3 Å². The van der Waals surface area contributed by atoms with Crippen molar-refractivity contribution in [1.29, 1.82) is 0 Å². The fourth-order valence-electron chi connectivity index (χ4n) is 4.73. The molecule has 4 aromatic rings. The van der Waals surface area contributed by atoms with Gasteiger partial charge in [-0.3, -0.25) is 14.5 Å². The first-order chi connectivity index (χ1) is 16.2. The Labute approximate surface area is 201 Å². The van der Waals surface area contributed by atoms with Crippen molar-refractivity contribution in [2.24, 2.45) is 7.05 Å². The number of hydrogen-bond donors (Lipinski definition) is 1. The molecule has 172 valence electrons. The van der Waals surface area contributed by atoms with Gasteiger partial charge in [0.25, 0.3) is 5.91 Å². The van der Waals surface area contributed by atoms with E-state index in [4.69, 9.17) is 0 Å². The molecule has 0 saturated heterocycles. The lowest BCUT2D eigenvalue weighted by atomic mass is 9.94. The van der Waals surface area contributed by atoms with Crippen molar-refractivity contribution in [3.8, 4) is 0 Å². The van der Waals surface area contributed by atoms with Crippen molar-refractivity contribution >= 4 is 39.6 Å². The maximum absolute atomic E-state index is 13.8. The average molecular weight is 472 g/mol. The van der Waals surface area contributed by atoms with E-state index < -0.39 is 17.7 Å². The summed E-state index contributed by atoms with van der Waals surface area (Å²) in [7, 11) is 1.94. The summed E-state index contributed by atoms with van der Waals surface area (Å²) in [5.41, 5.74) is 5.21. The first-order valence-electron chi connectivity index (χ1n) is 11.1. The molecule has 5 rings (SSSR count). The number of aliphatic hydroxyl groups excluding tert-OH is 1. The van der Waals surface area contributed by atoms with Gasteiger partial charge in [0, 0.05) is 35.4 Å². The number of aryl methyl sites for hydroxylation is 5. The highest BCUT2D eigenvalue weighted by molar-refractivity contribution is 7.14. The van der Waals surface area contributed by atoms with Gasteiger partial charge in [0.05, 0.1) is 27.2 Å². The predicted molar refractivity (Wildman–Crippen MR) is 135 cm³/mol. The van der Waals surface area contributed by atoms with E-state index in [1.54, 1.807) is 11.8 Å². The summed E-state index contributed by atoms with van der Waals surface area (Å²) in [4.78, 5) is 33.7. The molecular formula is C27H25N3O3S. The van der Waals surface area contributed by atoms with Crippen LogP contribution >= 0.6 is 11.3 Å². The van der Waals surface area contributed by atoms with E-state index in [0.29, 0.717) is 16.3 Å². The number of aromatic nitrogens is 2. The second-order valence-corrected chi connectivity index (χ2v) is 10.0. The third-order valence-electron chi connectivity index (χ3n) is 6.55. The summed E-state index contributed by atoms with van der Waals surface area (Å²) in [6.45, 7) is 7.60. The number of carbonyl (C=O) groups is 2. The first kappa shape index (κ1) is 22.1. The van der Waals surface area contributed by atoms with Gasteiger partial charge >= 0.3 is 0 Å². The van der Waals surface area contributed by atoms with Crippen molar-refractivity contribution in [2.45, 2.75) is 33.7 Å². The summed E-state index contributed by atoms with van der Waals surface area (Å²) in [6, 6.07) is 12.8. The fourth-order valence-corrected chi connectivity index (χ4v) is 5.60. The molecule has 0 aliphatic carbocycles. The maximum atomic E-state index is 13.8. The standard InChI is InChI=1S/C27H25N3O3S/c1-14-10-11-18(12-15(14)2)30-23(20-13-29(5)21-9-7-6-8-19(20)21)22(25(32)27(30)33)24(31)26-16(3)28-17(4)34-26/h6-13,23,32H,1-5H3. The Hall–Kier alpha value is -3.71. The summed E-state index contributed by atoms with van der Waals surface area (Å²) in [5.74, 6) is -1.45. The maximum Gasteiger partial charge on any atom is 0.294 e. The molecule has 34 heavy (non-hydrogen) atoms. The number of anilines is 1. The molecule has 1 amide bonds. The smallest absolute Gasteiger partial charge is 0.294 e. The number of aliphatic hydroxyl groups is 1. The van der Waals surface area contributed by atoms with E-state index in [2.05, 4.69) is 4.98 Å². The molecule has 0 bridgehead atoms. The third-order valence-corrected chi connectivity index (χ3v) is 7.63. The number of carbonyl (C=O) groups excluding carboxylic acids is 2. The van der Waals surface area contributed by atoms with Gasteiger partial charge in [-0.25, -0.2) is 4.98 Å². The number of rotatable bonds is 4. The summed E-state index contributed by atoms with van der Waals surface area (Å²) >= 11 is 1.28. The summed E-state index contributed by atoms with van der Waals surface area (Å²) in [6.07, 6.45) is 1.94. The van der Waals surface area contributed by atoms with Gasteiger partial charge in [-0.05, 0) is 57.0 Å². The molecule has 0 radical (unpaired) electrons. The Morgan fingerprint density at radius 1 is 1.06 bits per heavy atom. The fraction of sp³-hybridized carbons (Fsp3) is 0.222. The van der Waals surface area contributed by atoms with E-state index in [9.17, 15) is 14.7 Å². The van der Waals surface area contributed by atoms with Crippen molar-refractivity contribution in [1.82, 2.24) is 9.55 Å². The van der Waals surface area contributed by atoms with Crippen molar-refractivity contribution < 1.29 is 14.7 Å². The number of nitrogens with zero attached hydrogens (tertiary/aromatic N) is 3. The molecular weight excluding hydrogens is 446 g/mol.